The van der Waals surface area contributed by atoms with Crippen LogP contribution in [0.5, 0.6) is 5.75 Å². The lowest BCUT2D eigenvalue weighted by atomic mass is 10.1. The Balaban J connectivity index is 1.22. The summed E-state index contributed by atoms with van der Waals surface area (Å²) < 4.78 is 5.43. The SMILES string of the molecule is COc1ccccc1/C=C(\NC(=O)c1ccccc1)C(=O)Nc1ccc(SC(C)C(=O)Nc2nc(-c3ccc(C)cc3)cs2)cc1. The number of thiazole rings is 1. The first-order valence-corrected chi connectivity index (χ1v) is 16.2. The molecule has 5 aromatic rings. The Morgan fingerprint density at radius 1 is 0.870 bits per heavy atom. The number of anilines is 2. The van der Waals surface area contributed by atoms with E-state index in [1.807, 2.05) is 73.8 Å². The molecule has 46 heavy (non-hydrogen) atoms. The minimum Gasteiger partial charge on any atom is -0.496 e. The number of rotatable bonds is 11. The second-order valence-electron chi connectivity index (χ2n) is 10.3. The molecular formula is C36H32N4O4S2. The number of para-hydroxylation sites is 1. The van der Waals surface area contributed by atoms with Crippen molar-refractivity contribution >= 4 is 57.7 Å². The van der Waals surface area contributed by atoms with Crippen LogP contribution >= 0.6 is 23.1 Å². The third kappa shape index (κ3) is 8.50. The zero-order valence-electron chi connectivity index (χ0n) is 25.4. The number of hydrogen-bond acceptors (Lipinski definition) is 7. The van der Waals surface area contributed by atoms with Gasteiger partial charge in [0.1, 0.15) is 11.4 Å². The first-order valence-electron chi connectivity index (χ1n) is 14.4. The van der Waals surface area contributed by atoms with Crippen LogP contribution in [0, 0.1) is 6.92 Å². The molecule has 1 unspecified atom stereocenters. The van der Waals surface area contributed by atoms with E-state index < -0.39 is 17.1 Å². The fourth-order valence-electron chi connectivity index (χ4n) is 4.35. The molecule has 0 aliphatic carbocycles. The molecule has 0 bridgehead atoms. The molecule has 0 fully saturated rings. The van der Waals surface area contributed by atoms with Gasteiger partial charge in [0.2, 0.25) is 5.91 Å². The van der Waals surface area contributed by atoms with Gasteiger partial charge in [0, 0.05) is 32.7 Å². The highest BCUT2D eigenvalue weighted by molar-refractivity contribution is 8.00. The molecule has 1 aromatic heterocycles. The topological polar surface area (TPSA) is 109 Å². The van der Waals surface area contributed by atoms with E-state index in [0.717, 1.165) is 16.2 Å². The summed E-state index contributed by atoms with van der Waals surface area (Å²) in [6.07, 6.45) is 1.58. The molecule has 0 saturated carbocycles. The molecule has 4 aromatic carbocycles. The summed E-state index contributed by atoms with van der Waals surface area (Å²) in [5.41, 5.74) is 4.62. The monoisotopic (exact) mass is 648 g/mol. The second-order valence-corrected chi connectivity index (χ2v) is 12.5. The van der Waals surface area contributed by atoms with Crippen molar-refractivity contribution in [3.05, 3.63) is 131 Å². The van der Waals surface area contributed by atoms with E-state index in [1.54, 1.807) is 61.7 Å². The van der Waals surface area contributed by atoms with Crippen LogP contribution < -0.4 is 20.7 Å². The fraction of sp³-hybridized carbons (Fsp3) is 0.111. The van der Waals surface area contributed by atoms with E-state index in [0.29, 0.717) is 27.7 Å². The highest BCUT2D eigenvalue weighted by Crippen LogP contribution is 2.29. The number of amides is 3. The summed E-state index contributed by atoms with van der Waals surface area (Å²) in [6, 6.07) is 31.1. The number of aromatic nitrogens is 1. The van der Waals surface area contributed by atoms with Crippen molar-refractivity contribution in [1.29, 1.82) is 0 Å². The number of aryl methyl sites for hydroxylation is 1. The maximum Gasteiger partial charge on any atom is 0.272 e. The van der Waals surface area contributed by atoms with Crippen LogP contribution in [0.2, 0.25) is 0 Å². The van der Waals surface area contributed by atoms with Crippen molar-refractivity contribution in [2.24, 2.45) is 0 Å². The van der Waals surface area contributed by atoms with Gasteiger partial charge in [-0.2, -0.15) is 0 Å². The van der Waals surface area contributed by atoms with E-state index in [1.165, 1.54) is 28.7 Å². The summed E-state index contributed by atoms with van der Waals surface area (Å²) in [7, 11) is 1.54. The van der Waals surface area contributed by atoms with Crippen LogP contribution in [0.25, 0.3) is 17.3 Å². The molecule has 5 rings (SSSR count). The highest BCUT2D eigenvalue weighted by Gasteiger charge is 2.18. The Bertz CT molecular complexity index is 1850. The van der Waals surface area contributed by atoms with Crippen LogP contribution in [0.1, 0.15) is 28.4 Å². The molecule has 1 heterocycles. The molecule has 0 aliphatic rings. The quantitative estimate of drug-likeness (QED) is 0.100. The van der Waals surface area contributed by atoms with Crippen molar-refractivity contribution < 1.29 is 19.1 Å². The minimum atomic E-state index is -0.503. The average Bonchev–Trinajstić information content (AvgIpc) is 3.54. The van der Waals surface area contributed by atoms with E-state index in [9.17, 15) is 14.4 Å². The van der Waals surface area contributed by atoms with E-state index in [4.69, 9.17) is 4.74 Å². The normalized spacial score (nSPS) is 11.8. The molecule has 0 radical (unpaired) electrons. The maximum atomic E-state index is 13.4. The zero-order valence-corrected chi connectivity index (χ0v) is 27.1. The third-order valence-electron chi connectivity index (χ3n) is 6.84. The lowest BCUT2D eigenvalue weighted by molar-refractivity contribution is -0.115. The Labute approximate surface area is 275 Å². The number of methoxy groups -OCH3 is 1. The van der Waals surface area contributed by atoms with Gasteiger partial charge in [0.05, 0.1) is 18.1 Å². The molecule has 0 spiro atoms. The van der Waals surface area contributed by atoms with Crippen molar-refractivity contribution in [3.8, 4) is 17.0 Å². The number of benzene rings is 4. The van der Waals surface area contributed by atoms with Crippen LogP contribution in [0.15, 0.2) is 119 Å². The van der Waals surface area contributed by atoms with Crippen LogP contribution in [-0.4, -0.2) is 35.1 Å². The first kappa shape index (κ1) is 32.2. The van der Waals surface area contributed by atoms with Crippen molar-refractivity contribution in [2.45, 2.75) is 24.0 Å². The van der Waals surface area contributed by atoms with E-state index >= 15 is 0 Å². The molecule has 232 valence electrons. The van der Waals surface area contributed by atoms with E-state index in [-0.39, 0.29) is 11.6 Å². The molecule has 0 saturated heterocycles. The molecule has 3 N–H and O–H groups in total. The summed E-state index contributed by atoms with van der Waals surface area (Å²) in [5, 5.41) is 10.6. The number of hydrogen-bond donors (Lipinski definition) is 3. The van der Waals surface area contributed by atoms with Crippen LogP contribution in [0.4, 0.5) is 10.8 Å². The smallest absolute Gasteiger partial charge is 0.272 e. The number of nitrogens with zero attached hydrogens (tertiary/aromatic N) is 1. The summed E-state index contributed by atoms with van der Waals surface area (Å²) in [4.78, 5) is 44.7. The second kappa shape index (κ2) is 15.2. The van der Waals surface area contributed by atoms with E-state index in [2.05, 4.69) is 20.9 Å². The Morgan fingerprint density at radius 3 is 2.28 bits per heavy atom. The Hall–Kier alpha value is -5.19. The highest BCUT2D eigenvalue weighted by atomic mass is 32.2. The van der Waals surface area contributed by atoms with Crippen LogP contribution in [-0.2, 0) is 9.59 Å². The van der Waals surface area contributed by atoms with Crippen molar-refractivity contribution in [1.82, 2.24) is 10.3 Å². The lowest BCUT2D eigenvalue weighted by Crippen LogP contribution is -2.30. The van der Waals surface area contributed by atoms with Crippen LogP contribution in [0.3, 0.4) is 0 Å². The fourth-order valence-corrected chi connectivity index (χ4v) is 5.94. The first-order chi connectivity index (χ1) is 22.3. The summed E-state index contributed by atoms with van der Waals surface area (Å²) >= 11 is 2.78. The number of ether oxygens (including phenoxy) is 1. The molecule has 3 amide bonds. The number of thioether (sulfide) groups is 1. The van der Waals surface area contributed by atoms with Gasteiger partial charge in [-0.25, -0.2) is 4.98 Å². The average molecular weight is 649 g/mol. The van der Waals surface area contributed by atoms with Crippen molar-refractivity contribution in [3.63, 3.8) is 0 Å². The van der Waals surface area contributed by atoms with Gasteiger partial charge in [-0.05, 0) is 62.4 Å². The Morgan fingerprint density at radius 2 is 1.57 bits per heavy atom. The number of carbonyl (C=O) groups excluding carboxylic acids is 3. The third-order valence-corrected chi connectivity index (χ3v) is 8.71. The van der Waals surface area contributed by atoms with Gasteiger partial charge in [0.15, 0.2) is 5.13 Å². The van der Waals surface area contributed by atoms with Crippen molar-refractivity contribution in [2.75, 3.05) is 17.7 Å². The molecule has 1 atom stereocenters. The molecular weight excluding hydrogens is 617 g/mol. The molecule has 10 heteroatoms. The van der Waals surface area contributed by atoms with Gasteiger partial charge < -0.3 is 20.7 Å². The predicted octanol–water partition coefficient (Wildman–Crippen LogP) is 7.66. The lowest BCUT2D eigenvalue weighted by Gasteiger charge is -2.13. The number of nitrogens with one attached hydrogen (secondary N) is 3. The van der Waals surface area contributed by atoms with Gasteiger partial charge >= 0.3 is 0 Å². The van der Waals surface area contributed by atoms with Gasteiger partial charge in [-0.3, -0.25) is 14.4 Å². The zero-order chi connectivity index (χ0) is 32.5. The maximum absolute atomic E-state index is 13.4. The minimum absolute atomic E-state index is 0.0508. The summed E-state index contributed by atoms with van der Waals surface area (Å²) in [6.45, 7) is 3.86. The summed E-state index contributed by atoms with van der Waals surface area (Å²) in [5.74, 6) is -0.521. The molecule has 8 nitrogen and oxygen atoms in total. The Kier molecular flexibility index (Phi) is 10.6. The number of carbonyl (C=O) groups is 3. The van der Waals surface area contributed by atoms with Gasteiger partial charge in [-0.1, -0.05) is 66.2 Å². The standard InChI is InChI=1S/C36H32N4O4S2/c1-23-13-15-25(16-14-23)31-22-45-36(39-31)40-33(41)24(2)46-29-19-17-28(18-20-29)37-35(43)30(21-27-11-7-8-12-32(27)44-3)38-34(42)26-9-5-4-6-10-26/h4-22,24H,1-3H3,(H,37,43)(H,38,42)(H,39,40,41)/b30-21-. The predicted molar refractivity (Wildman–Crippen MR) is 186 cm³/mol. The molecule has 0 aliphatic heterocycles. The van der Waals surface area contributed by atoms with Gasteiger partial charge in [0.25, 0.3) is 11.8 Å². The van der Waals surface area contributed by atoms with Gasteiger partial charge in [-0.15, -0.1) is 23.1 Å². The largest absolute Gasteiger partial charge is 0.496 e.